The second kappa shape index (κ2) is 14.0. The van der Waals surface area contributed by atoms with Crippen molar-refractivity contribution in [2.45, 2.75) is 37.6 Å². The molecular formula is C8H21NO18S3. The number of hydrogen-bond acceptors (Lipinski definition) is 12. The minimum Gasteiger partial charge on any atom is -0.394 e. The Bertz CT molecular complexity index is 709. The van der Waals surface area contributed by atoms with Crippen molar-refractivity contribution in [2.75, 3.05) is 6.61 Å². The lowest BCUT2D eigenvalue weighted by molar-refractivity contribution is -0.253. The Morgan fingerprint density at radius 3 is 1.33 bits per heavy atom. The Kier molecular flexibility index (Phi) is 15.7. The zero-order valence-corrected chi connectivity index (χ0v) is 17.0. The lowest BCUT2D eigenvalue weighted by Crippen LogP contribution is -2.63. The number of nitrogens with one attached hydrogen (secondary N) is 1. The zero-order valence-electron chi connectivity index (χ0n) is 14.6. The van der Waals surface area contributed by atoms with Crippen LogP contribution in [0.25, 0.3) is 0 Å². The van der Waals surface area contributed by atoms with Crippen LogP contribution in [0.4, 0.5) is 0 Å². The van der Waals surface area contributed by atoms with Crippen LogP contribution in [0.15, 0.2) is 0 Å². The van der Waals surface area contributed by atoms with Gasteiger partial charge in [-0.25, -0.2) is 0 Å². The van der Waals surface area contributed by atoms with Gasteiger partial charge >= 0.3 is 31.2 Å². The number of carbonyl (C=O) groups is 1. The molecule has 0 spiro atoms. The molecule has 1 amide bonds. The van der Waals surface area contributed by atoms with E-state index in [1.165, 1.54) is 6.92 Å². The molecule has 1 fully saturated rings. The molecule has 1 aliphatic rings. The molecule has 0 aromatic carbocycles. The normalized spacial score (nSPS) is 26.4. The molecule has 1 rings (SSSR count). The predicted octanol–water partition coefficient (Wildman–Crippen LogP) is -5.04. The fourth-order valence-corrected chi connectivity index (χ4v) is 1.49. The lowest BCUT2D eigenvalue weighted by Gasteiger charge is -2.40. The van der Waals surface area contributed by atoms with Crippen molar-refractivity contribution in [3.63, 3.8) is 0 Å². The van der Waals surface area contributed by atoms with Gasteiger partial charge in [0, 0.05) is 6.92 Å². The van der Waals surface area contributed by atoms with Crippen molar-refractivity contribution < 1.29 is 82.5 Å². The fourth-order valence-electron chi connectivity index (χ4n) is 1.49. The first-order chi connectivity index (χ1) is 13.0. The molecule has 0 bridgehead atoms. The largest absolute Gasteiger partial charge is 0.394 e. The van der Waals surface area contributed by atoms with Gasteiger partial charge < -0.3 is 30.5 Å². The van der Waals surface area contributed by atoms with E-state index in [0.29, 0.717) is 0 Å². The van der Waals surface area contributed by atoms with E-state index in [1.807, 2.05) is 0 Å². The number of carbonyl (C=O) groups excluding carboxylic acids is 1. The smallest absolute Gasteiger partial charge is 0.394 e. The summed E-state index contributed by atoms with van der Waals surface area (Å²) in [6, 6.07) is -1.10. The number of ether oxygens (including phenoxy) is 1. The summed E-state index contributed by atoms with van der Waals surface area (Å²) in [5, 5.41) is 39.4. The molecule has 5 atom stereocenters. The molecule has 1 aliphatic heterocycles. The van der Waals surface area contributed by atoms with Gasteiger partial charge in [-0.3, -0.25) is 32.1 Å². The van der Waals surface area contributed by atoms with Crippen molar-refractivity contribution in [2.24, 2.45) is 0 Å². The molecule has 19 nitrogen and oxygen atoms in total. The number of amides is 1. The van der Waals surface area contributed by atoms with Gasteiger partial charge in [-0.2, -0.15) is 25.3 Å². The molecule has 0 aliphatic carbocycles. The van der Waals surface area contributed by atoms with E-state index < -0.39 is 74.4 Å². The van der Waals surface area contributed by atoms with Crippen molar-refractivity contribution in [1.82, 2.24) is 5.32 Å². The number of hydrogen-bond donors (Lipinski definition) is 11. The molecule has 184 valence electrons. The zero-order chi connectivity index (χ0) is 25.1. The summed E-state index contributed by atoms with van der Waals surface area (Å²) in [6.45, 7) is 0.687. The average Bonchev–Trinajstić information content (AvgIpc) is 2.42. The number of rotatable bonds is 2. The van der Waals surface area contributed by atoms with Crippen LogP contribution in [0.5, 0.6) is 0 Å². The molecule has 0 aromatic rings. The summed E-state index contributed by atoms with van der Waals surface area (Å²) < 4.78 is 99.6. The van der Waals surface area contributed by atoms with E-state index in [2.05, 4.69) is 5.32 Å². The van der Waals surface area contributed by atoms with Crippen LogP contribution in [0.2, 0.25) is 0 Å². The van der Waals surface area contributed by atoms with Crippen molar-refractivity contribution in [1.29, 1.82) is 0 Å². The van der Waals surface area contributed by atoms with Gasteiger partial charge in [0.15, 0.2) is 6.29 Å². The maximum atomic E-state index is 10.7. The summed E-state index contributed by atoms with van der Waals surface area (Å²) >= 11 is 0. The SMILES string of the molecule is CC(=O)N[C@@H]1[C@@H](O)[C@H](O)[C@@H](CO)O[C@H]1O.O=S(=O)(O)O.O=S(=O)(O)O.O=S(=O)(O)O. The third-order valence-electron chi connectivity index (χ3n) is 2.27. The minimum absolute atomic E-state index is 0.462. The third kappa shape index (κ3) is 29.1. The van der Waals surface area contributed by atoms with Crippen LogP contribution in [0.1, 0.15) is 6.92 Å². The van der Waals surface area contributed by atoms with Gasteiger partial charge in [-0.15, -0.1) is 0 Å². The molecule has 0 unspecified atom stereocenters. The molecule has 22 heteroatoms. The van der Waals surface area contributed by atoms with Gasteiger partial charge in [-0.05, 0) is 0 Å². The molecular weight excluding hydrogens is 494 g/mol. The predicted molar refractivity (Wildman–Crippen MR) is 90.1 cm³/mol. The lowest BCUT2D eigenvalue weighted by atomic mass is 9.97. The molecule has 30 heavy (non-hydrogen) atoms. The second-order valence-electron chi connectivity index (χ2n) is 4.80. The maximum Gasteiger partial charge on any atom is 0.394 e. The first kappa shape index (κ1) is 33.5. The van der Waals surface area contributed by atoms with Crippen molar-refractivity contribution >= 4 is 37.1 Å². The third-order valence-corrected chi connectivity index (χ3v) is 2.27. The van der Waals surface area contributed by atoms with Crippen molar-refractivity contribution in [3.8, 4) is 0 Å². The summed E-state index contributed by atoms with van der Waals surface area (Å²) in [7, 11) is -14.0. The van der Waals surface area contributed by atoms with E-state index in [9.17, 15) is 20.1 Å². The van der Waals surface area contributed by atoms with Crippen LogP contribution < -0.4 is 5.32 Å². The van der Waals surface area contributed by atoms with Gasteiger partial charge in [0.05, 0.1) is 6.61 Å². The molecule has 0 radical (unpaired) electrons. The summed E-state index contributed by atoms with van der Waals surface area (Å²) in [5.74, 6) is -0.462. The van der Waals surface area contributed by atoms with E-state index in [4.69, 9.17) is 62.4 Å². The highest BCUT2D eigenvalue weighted by Gasteiger charge is 2.43. The van der Waals surface area contributed by atoms with E-state index >= 15 is 0 Å². The number of aliphatic hydroxyl groups is 4. The highest BCUT2D eigenvalue weighted by Crippen LogP contribution is 2.19. The fraction of sp³-hybridized carbons (Fsp3) is 0.875. The first-order valence-corrected chi connectivity index (χ1v) is 10.8. The van der Waals surface area contributed by atoms with Gasteiger partial charge in [0.25, 0.3) is 0 Å². The minimum atomic E-state index is -4.67. The van der Waals surface area contributed by atoms with Crippen molar-refractivity contribution in [3.05, 3.63) is 0 Å². The van der Waals surface area contributed by atoms with E-state index in [1.54, 1.807) is 0 Å². The Morgan fingerprint density at radius 2 is 1.10 bits per heavy atom. The maximum absolute atomic E-state index is 10.7. The van der Waals surface area contributed by atoms with Crippen LogP contribution >= 0.6 is 0 Å². The highest BCUT2D eigenvalue weighted by molar-refractivity contribution is 7.80. The summed E-state index contributed by atoms with van der Waals surface area (Å²) in [6.07, 6.45) is -5.24. The van der Waals surface area contributed by atoms with E-state index in [0.717, 1.165) is 0 Å². The second-order valence-corrected chi connectivity index (χ2v) is 7.49. The summed E-state index contributed by atoms with van der Waals surface area (Å²) in [4.78, 5) is 10.7. The Hall–Kier alpha value is -1.12. The quantitative estimate of drug-likeness (QED) is 0.153. The summed E-state index contributed by atoms with van der Waals surface area (Å²) in [5.41, 5.74) is 0. The first-order valence-electron chi connectivity index (χ1n) is 6.64. The van der Waals surface area contributed by atoms with Gasteiger partial charge in [-0.1, -0.05) is 0 Å². The van der Waals surface area contributed by atoms with Crippen LogP contribution in [-0.4, -0.2) is 116 Å². The van der Waals surface area contributed by atoms with Crippen LogP contribution in [-0.2, 0) is 40.7 Å². The Balaban J connectivity index is -0.000000400. The standard InChI is InChI=1S/C8H15NO6.3H2O4S/c1-3(11)9-5-7(13)6(12)4(2-10)15-8(5)14;3*1-5(2,3)4/h4-8,10,12-14H,2H2,1H3,(H,9,11);3*(H2,1,2,3,4)/t4-,5-,6-,7-,8-;;;/m1.../s1. The molecule has 1 heterocycles. The van der Waals surface area contributed by atoms with E-state index in [-0.39, 0.29) is 0 Å². The average molecular weight is 515 g/mol. The van der Waals surface area contributed by atoms with Gasteiger partial charge in [0.2, 0.25) is 5.91 Å². The molecule has 1 saturated heterocycles. The monoisotopic (exact) mass is 515 g/mol. The molecule has 0 aromatic heterocycles. The molecule has 0 saturated carbocycles. The highest BCUT2D eigenvalue weighted by atomic mass is 32.3. The molecule has 11 N–H and O–H groups in total. The van der Waals surface area contributed by atoms with Crippen LogP contribution in [0.3, 0.4) is 0 Å². The van der Waals surface area contributed by atoms with Crippen LogP contribution in [0, 0.1) is 0 Å². The number of aliphatic hydroxyl groups excluding tert-OH is 4. The topological polar surface area (TPSA) is 343 Å². The Labute approximate surface area is 169 Å². The Morgan fingerprint density at radius 1 is 0.800 bits per heavy atom. The van der Waals surface area contributed by atoms with Gasteiger partial charge in [0.1, 0.15) is 24.4 Å².